The standard InChI is InChI=1S/C12H19N3O4/c1-4-12(13,5-2)8-19-11-9(15(16)17)6-7-10(14-11)18-3/h6-7H,4-5,8,13H2,1-3H3. The molecule has 0 saturated carbocycles. The Bertz CT molecular complexity index is 447. The molecule has 0 radical (unpaired) electrons. The van der Waals surface area contributed by atoms with Gasteiger partial charge in [-0.15, -0.1) is 0 Å². The molecule has 1 rings (SSSR count). The molecule has 106 valence electrons. The lowest BCUT2D eigenvalue weighted by Gasteiger charge is -2.25. The van der Waals surface area contributed by atoms with E-state index >= 15 is 0 Å². The number of hydrogen-bond acceptors (Lipinski definition) is 6. The Morgan fingerprint density at radius 2 is 2.05 bits per heavy atom. The van der Waals surface area contributed by atoms with Crippen molar-refractivity contribution in [3.63, 3.8) is 0 Å². The van der Waals surface area contributed by atoms with Crippen molar-refractivity contribution in [1.82, 2.24) is 4.98 Å². The normalized spacial score (nSPS) is 11.2. The molecule has 1 aromatic heterocycles. The fraction of sp³-hybridized carbons (Fsp3) is 0.583. The Kier molecular flexibility index (Phi) is 5.05. The lowest BCUT2D eigenvalue weighted by Crippen LogP contribution is -2.44. The first kappa shape index (κ1) is 15.2. The Labute approximate surface area is 111 Å². The third-order valence-electron chi connectivity index (χ3n) is 3.13. The van der Waals surface area contributed by atoms with E-state index in [9.17, 15) is 10.1 Å². The molecule has 7 nitrogen and oxygen atoms in total. The van der Waals surface area contributed by atoms with Crippen molar-refractivity contribution in [3.8, 4) is 11.8 Å². The molecule has 2 N–H and O–H groups in total. The van der Waals surface area contributed by atoms with Gasteiger partial charge in [0.05, 0.1) is 12.0 Å². The third kappa shape index (κ3) is 3.78. The molecule has 0 bridgehead atoms. The summed E-state index contributed by atoms with van der Waals surface area (Å²) >= 11 is 0. The third-order valence-corrected chi connectivity index (χ3v) is 3.13. The van der Waals surface area contributed by atoms with Crippen LogP contribution in [0.2, 0.25) is 0 Å². The van der Waals surface area contributed by atoms with Crippen molar-refractivity contribution in [1.29, 1.82) is 0 Å². The van der Waals surface area contributed by atoms with Crippen molar-refractivity contribution < 1.29 is 14.4 Å². The monoisotopic (exact) mass is 269 g/mol. The van der Waals surface area contributed by atoms with Crippen LogP contribution in [0, 0.1) is 10.1 Å². The van der Waals surface area contributed by atoms with E-state index in [0.29, 0.717) is 12.8 Å². The summed E-state index contributed by atoms with van der Waals surface area (Å²) in [6, 6.07) is 2.72. The molecule has 1 heterocycles. The fourth-order valence-corrected chi connectivity index (χ4v) is 1.44. The molecule has 0 saturated heterocycles. The van der Waals surface area contributed by atoms with Crippen molar-refractivity contribution in [2.75, 3.05) is 13.7 Å². The lowest BCUT2D eigenvalue weighted by molar-refractivity contribution is -0.386. The number of aromatic nitrogens is 1. The van der Waals surface area contributed by atoms with Crippen molar-refractivity contribution in [2.45, 2.75) is 32.2 Å². The summed E-state index contributed by atoms with van der Waals surface area (Å²) in [5.74, 6) is 0.192. The summed E-state index contributed by atoms with van der Waals surface area (Å²) in [6.45, 7) is 4.06. The number of nitrogens with zero attached hydrogens (tertiary/aromatic N) is 2. The van der Waals surface area contributed by atoms with E-state index in [1.54, 1.807) is 0 Å². The summed E-state index contributed by atoms with van der Waals surface area (Å²) in [6.07, 6.45) is 1.42. The second kappa shape index (κ2) is 6.33. The molecule has 0 amide bonds. The maximum atomic E-state index is 10.9. The molecule has 0 aromatic carbocycles. The van der Waals surface area contributed by atoms with Gasteiger partial charge in [0.15, 0.2) is 0 Å². The summed E-state index contributed by atoms with van der Waals surface area (Å²) in [5, 5.41) is 10.9. The number of ether oxygens (including phenoxy) is 2. The van der Waals surface area contributed by atoms with Crippen LogP contribution in [0.1, 0.15) is 26.7 Å². The minimum absolute atomic E-state index is 0.0684. The van der Waals surface area contributed by atoms with Gasteiger partial charge in [0.1, 0.15) is 6.61 Å². The van der Waals surface area contributed by atoms with Gasteiger partial charge in [-0.3, -0.25) is 10.1 Å². The van der Waals surface area contributed by atoms with Crippen LogP contribution in [0.3, 0.4) is 0 Å². The van der Waals surface area contributed by atoms with Crippen molar-refractivity contribution in [2.24, 2.45) is 5.73 Å². The summed E-state index contributed by atoms with van der Waals surface area (Å²) < 4.78 is 10.4. The van der Waals surface area contributed by atoms with E-state index in [1.165, 1.54) is 19.2 Å². The van der Waals surface area contributed by atoms with Crippen LogP contribution in [0.25, 0.3) is 0 Å². The van der Waals surface area contributed by atoms with Crippen LogP contribution in [0.4, 0.5) is 5.69 Å². The van der Waals surface area contributed by atoms with Gasteiger partial charge < -0.3 is 15.2 Å². The first-order valence-corrected chi connectivity index (χ1v) is 6.07. The fourth-order valence-electron chi connectivity index (χ4n) is 1.44. The maximum absolute atomic E-state index is 10.9. The average Bonchev–Trinajstić information content (AvgIpc) is 2.44. The van der Waals surface area contributed by atoms with Crippen LogP contribution in [-0.2, 0) is 0 Å². The Morgan fingerprint density at radius 3 is 2.53 bits per heavy atom. The second-order valence-electron chi connectivity index (χ2n) is 4.29. The van der Waals surface area contributed by atoms with Crippen molar-refractivity contribution in [3.05, 3.63) is 22.2 Å². The number of rotatable bonds is 7. The Balaban J connectivity index is 2.95. The molecule has 0 aliphatic carbocycles. The van der Waals surface area contributed by atoms with Crippen LogP contribution in [0.15, 0.2) is 12.1 Å². The highest BCUT2D eigenvalue weighted by Gasteiger charge is 2.25. The van der Waals surface area contributed by atoms with Gasteiger partial charge in [-0.1, -0.05) is 13.8 Å². The molecular weight excluding hydrogens is 250 g/mol. The minimum Gasteiger partial charge on any atom is -0.481 e. The average molecular weight is 269 g/mol. The van der Waals surface area contributed by atoms with Crippen LogP contribution < -0.4 is 15.2 Å². The molecule has 19 heavy (non-hydrogen) atoms. The van der Waals surface area contributed by atoms with E-state index in [2.05, 4.69) is 4.98 Å². The van der Waals surface area contributed by atoms with E-state index < -0.39 is 10.5 Å². The summed E-state index contributed by atoms with van der Waals surface area (Å²) in [7, 11) is 1.43. The first-order chi connectivity index (χ1) is 8.95. The van der Waals surface area contributed by atoms with Gasteiger partial charge in [0.2, 0.25) is 5.88 Å². The highest BCUT2D eigenvalue weighted by Crippen LogP contribution is 2.28. The van der Waals surface area contributed by atoms with Gasteiger partial charge in [-0.2, -0.15) is 4.98 Å². The Hall–Kier alpha value is -1.89. The van der Waals surface area contributed by atoms with E-state index in [0.717, 1.165) is 0 Å². The van der Waals surface area contributed by atoms with Gasteiger partial charge in [0, 0.05) is 17.7 Å². The molecule has 0 spiro atoms. The lowest BCUT2D eigenvalue weighted by atomic mass is 9.96. The SMILES string of the molecule is CCC(N)(CC)COc1nc(OC)ccc1[N+](=O)[O-]. The van der Waals surface area contributed by atoms with Gasteiger partial charge >= 0.3 is 5.69 Å². The number of nitrogens with two attached hydrogens (primary N) is 1. The van der Waals surface area contributed by atoms with Gasteiger partial charge in [-0.05, 0) is 12.8 Å². The van der Waals surface area contributed by atoms with Crippen LogP contribution >= 0.6 is 0 Å². The number of methoxy groups -OCH3 is 1. The highest BCUT2D eigenvalue weighted by atomic mass is 16.6. The molecule has 0 unspecified atom stereocenters. The molecular formula is C12H19N3O4. The predicted octanol–water partition coefficient (Wildman–Crippen LogP) is 1.89. The smallest absolute Gasteiger partial charge is 0.331 e. The van der Waals surface area contributed by atoms with E-state index in [4.69, 9.17) is 15.2 Å². The molecule has 1 aromatic rings. The molecule has 7 heteroatoms. The maximum Gasteiger partial charge on any atom is 0.331 e. The van der Waals surface area contributed by atoms with Crippen molar-refractivity contribution >= 4 is 5.69 Å². The number of nitro groups is 1. The first-order valence-electron chi connectivity index (χ1n) is 6.07. The zero-order valence-electron chi connectivity index (χ0n) is 11.4. The number of pyridine rings is 1. The summed E-state index contributed by atoms with van der Waals surface area (Å²) in [4.78, 5) is 14.3. The van der Waals surface area contributed by atoms with Crippen LogP contribution in [0.5, 0.6) is 11.8 Å². The highest BCUT2D eigenvalue weighted by molar-refractivity contribution is 5.43. The zero-order valence-corrected chi connectivity index (χ0v) is 11.4. The Morgan fingerprint density at radius 1 is 1.42 bits per heavy atom. The predicted molar refractivity (Wildman–Crippen MR) is 70.4 cm³/mol. The van der Waals surface area contributed by atoms with Gasteiger partial charge in [0.25, 0.3) is 5.88 Å². The molecule has 0 atom stereocenters. The minimum atomic E-state index is -0.544. The quantitative estimate of drug-likeness (QED) is 0.599. The molecule has 0 aliphatic heterocycles. The summed E-state index contributed by atoms with van der Waals surface area (Å²) in [5.41, 5.74) is 5.37. The molecule has 0 fully saturated rings. The topological polar surface area (TPSA) is 101 Å². The number of hydrogen-bond donors (Lipinski definition) is 1. The van der Waals surface area contributed by atoms with E-state index in [1.807, 2.05) is 13.8 Å². The van der Waals surface area contributed by atoms with Gasteiger partial charge in [-0.25, -0.2) is 0 Å². The van der Waals surface area contributed by atoms with Crippen LogP contribution in [-0.4, -0.2) is 29.2 Å². The second-order valence-corrected chi connectivity index (χ2v) is 4.29. The molecule has 0 aliphatic rings. The largest absolute Gasteiger partial charge is 0.481 e. The zero-order chi connectivity index (χ0) is 14.5. The van der Waals surface area contributed by atoms with E-state index in [-0.39, 0.29) is 24.1 Å².